The second-order valence-electron chi connectivity index (χ2n) is 5.57. The third-order valence-corrected chi connectivity index (χ3v) is 5.50. The summed E-state index contributed by atoms with van der Waals surface area (Å²) in [5.41, 5.74) is 1.15. The van der Waals surface area contributed by atoms with Crippen molar-refractivity contribution in [2.75, 3.05) is 5.75 Å². The number of rotatable bonds is 3. The predicted molar refractivity (Wildman–Crippen MR) is 75.5 cm³/mol. The summed E-state index contributed by atoms with van der Waals surface area (Å²) in [6.07, 6.45) is 8.64. The number of hydrogen-bond donors (Lipinski definition) is 1. The van der Waals surface area contributed by atoms with Crippen molar-refractivity contribution in [3.05, 3.63) is 17.7 Å². The highest BCUT2D eigenvalue weighted by atomic mass is 32.2. The number of imidazole rings is 1. The van der Waals surface area contributed by atoms with E-state index in [4.69, 9.17) is 10.1 Å². The van der Waals surface area contributed by atoms with Crippen molar-refractivity contribution in [2.45, 2.75) is 50.3 Å². The normalized spacial score (nSPS) is 26.9. The van der Waals surface area contributed by atoms with Crippen molar-refractivity contribution in [3.63, 3.8) is 0 Å². The van der Waals surface area contributed by atoms with E-state index in [9.17, 15) is 4.79 Å². The van der Waals surface area contributed by atoms with E-state index in [0.29, 0.717) is 11.8 Å². The number of thioether (sulfide) groups is 1. The van der Waals surface area contributed by atoms with Crippen molar-refractivity contribution in [2.24, 2.45) is 5.92 Å². The molecule has 104 valence electrons. The highest BCUT2D eigenvalue weighted by Crippen LogP contribution is 2.28. The Hall–Kier alpha value is -0.970. The molecule has 1 saturated heterocycles. The number of fused-ring (bicyclic) bond motifs is 1. The van der Waals surface area contributed by atoms with Crippen molar-refractivity contribution >= 4 is 17.7 Å². The van der Waals surface area contributed by atoms with Gasteiger partial charge < -0.3 is 9.67 Å². The number of hydrogen-bond acceptors (Lipinski definition) is 3. The topological polar surface area (TPSA) is 55.1 Å². The number of nitrogens with zero attached hydrogens (tertiary/aromatic N) is 2. The van der Waals surface area contributed by atoms with Gasteiger partial charge in [-0.1, -0.05) is 6.42 Å². The van der Waals surface area contributed by atoms with Crippen molar-refractivity contribution in [3.8, 4) is 0 Å². The van der Waals surface area contributed by atoms with E-state index in [1.807, 2.05) is 0 Å². The molecule has 2 atom stereocenters. The summed E-state index contributed by atoms with van der Waals surface area (Å²) in [6, 6.07) is 0. The Kier molecular flexibility index (Phi) is 3.82. The van der Waals surface area contributed by atoms with Crippen molar-refractivity contribution < 1.29 is 9.90 Å². The molecular weight excluding hydrogens is 260 g/mol. The fraction of sp³-hybridized carbons (Fsp3) is 0.714. The van der Waals surface area contributed by atoms with Gasteiger partial charge in [0.15, 0.2) is 0 Å². The lowest BCUT2D eigenvalue weighted by Crippen LogP contribution is -2.26. The van der Waals surface area contributed by atoms with Crippen LogP contribution in [0.3, 0.4) is 0 Å². The number of carboxylic acids is 1. The predicted octanol–water partition coefficient (Wildman–Crippen LogP) is 2.36. The number of carbonyl (C=O) groups is 1. The quantitative estimate of drug-likeness (QED) is 0.923. The number of aryl methyl sites for hydroxylation is 1. The first-order valence-electron chi connectivity index (χ1n) is 7.11. The molecule has 3 heterocycles. The second kappa shape index (κ2) is 5.57. The molecule has 0 saturated carbocycles. The Bertz CT molecular complexity index is 466. The van der Waals surface area contributed by atoms with Gasteiger partial charge in [0.25, 0.3) is 0 Å². The standard InChI is InChI=1S/C14H20N2O2S/c17-14(18)10-4-5-13-15-11(9-16(13)8-10)7-12-3-1-2-6-19-12/h9-10,12H,1-8H2,(H,17,18). The van der Waals surface area contributed by atoms with E-state index in [1.165, 1.54) is 25.0 Å². The second-order valence-corrected chi connectivity index (χ2v) is 6.98. The molecule has 0 radical (unpaired) electrons. The summed E-state index contributed by atoms with van der Waals surface area (Å²) in [7, 11) is 0. The molecule has 3 rings (SSSR count). The van der Waals surface area contributed by atoms with Crippen LogP contribution in [0.5, 0.6) is 0 Å². The average molecular weight is 280 g/mol. The minimum atomic E-state index is -0.677. The first-order valence-corrected chi connectivity index (χ1v) is 8.16. The third kappa shape index (κ3) is 2.96. The first-order chi connectivity index (χ1) is 9.22. The summed E-state index contributed by atoms with van der Waals surface area (Å²) < 4.78 is 2.06. The SMILES string of the molecule is O=C(O)C1CCc2nc(CC3CCCCS3)cn2C1. The van der Waals surface area contributed by atoms with Gasteiger partial charge in [0.2, 0.25) is 0 Å². The highest BCUT2D eigenvalue weighted by molar-refractivity contribution is 7.99. The van der Waals surface area contributed by atoms with Crippen LogP contribution in [0.15, 0.2) is 6.20 Å². The minimum Gasteiger partial charge on any atom is -0.481 e. The van der Waals surface area contributed by atoms with E-state index in [0.717, 1.165) is 30.8 Å². The van der Waals surface area contributed by atoms with Crippen LogP contribution in [0.2, 0.25) is 0 Å². The molecule has 0 spiro atoms. The summed E-state index contributed by atoms with van der Waals surface area (Å²) in [6.45, 7) is 0.593. The van der Waals surface area contributed by atoms with Gasteiger partial charge in [-0.3, -0.25) is 4.79 Å². The Morgan fingerprint density at radius 2 is 2.37 bits per heavy atom. The van der Waals surface area contributed by atoms with Gasteiger partial charge in [-0.2, -0.15) is 11.8 Å². The van der Waals surface area contributed by atoms with Gasteiger partial charge in [0, 0.05) is 30.8 Å². The van der Waals surface area contributed by atoms with Gasteiger partial charge in [-0.15, -0.1) is 0 Å². The molecular formula is C14H20N2O2S. The molecule has 1 fully saturated rings. The fourth-order valence-corrected chi connectivity index (χ4v) is 4.33. The van der Waals surface area contributed by atoms with Gasteiger partial charge in [-0.25, -0.2) is 4.98 Å². The van der Waals surface area contributed by atoms with Crippen LogP contribution in [0.1, 0.15) is 37.2 Å². The molecule has 5 heteroatoms. The molecule has 0 aliphatic carbocycles. The van der Waals surface area contributed by atoms with Crippen LogP contribution in [-0.4, -0.2) is 31.6 Å². The molecule has 1 aromatic rings. The molecule has 4 nitrogen and oxygen atoms in total. The van der Waals surface area contributed by atoms with Crippen molar-refractivity contribution in [1.82, 2.24) is 9.55 Å². The number of carboxylic acid groups (broad SMARTS) is 1. The van der Waals surface area contributed by atoms with Crippen molar-refractivity contribution in [1.29, 1.82) is 0 Å². The molecule has 1 aromatic heterocycles. The van der Waals surface area contributed by atoms with Crippen LogP contribution >= 0.6 is 11.8 Å². The van der Waals surface area contributed by atoms with E-state index in [1.54, 1.807) is 0 Å². The Morgan fingerprint density at radius 3 is 3.11 bits per heavy atom. The van der Waals surface area contributed by atoms with Gasteiger partial charge in [0.05, 0.1) is 11.6 Å². The lowest BCUT2D eigenvalue weighted by Gasteiger charge is -2.20. The molecule has 0 bridgehead atoms. The molecule has 2 unspecified atom stereocenters. The zero-order valence-electron chi connectivity index (χ0n) is 11.0. The maximum absolute atomic E-state index is 11.1. The van der Waals surface area contributed by atoms with Crippen LogP contribution in [0.4, 0.5) is 0 Å². The van der Waals surface area contributed by atoms with E-state index < -0.39 is 5.97 Å². The zero-order chi connectivity index (χ0) is 13.2. The van der Waals surface area contributed by atoms with Crippen LogP contribution in [0, 0.1) is 5.92 Å². The lowest BCUT2D eigenvalue weighted by atomic mass is 10.00. The molecule has 19 heavy (non-hydrogen) atoms. The molecule has 2 aliphatic rings. The number of aliphatic carboxylic acids is 1. The minimum absolute atomic E-state index is 0.237. The zero-order valence-corrected chi connectivity index (χ0v) is 11.9. The Morgan fingerprint density at radius 1 is 1.47 bits per heavy atom. The molecule has 0 aromatic carbocycles. The Labute approximate surface area is 117 Å². The summed E-state index contributed by atoms with van der Waals surface area (Å²) in [4.78, 5) is 15.7. The van der Waals surface area contributed by atoms with Gasteiger partial charge in [-0.05, 0) is 25.0 Å². The van der Waals surface area contributed by atoms with E-state index in [-0.39, 0.29) is 5.92 Å². The van der Waals surface area contributed by atoms with Gasteiger partial charge >= 0.3 is 5.97 Å². The highest BCUT2D eigenvalue weighted by Gasteiger charge is 2.26. The summed E-state index contributed by atoms with van der Waals surface area (Å²) in [5.74, 6) is 1.44. The maximum Gasteiger partial charge on any atom is 0.308 e. The maximum atomic E-state index is 11.1. The van der Waals surface area contributed by atoms with Crippen LogP contribution in [-0.2, 0) is 24.2 Å². The Balaban J connectivity index is 1.67. The van der Waals surface area contributed by atoms with E-state index >= 15 is 0 Å². The largest absolute Gasteiger partial charge is 0.481 e. The average Bonchev–Trinajstić information content (AvgIpc) is 2.80. The smallest absolute Gasteiger partial charge is 0.308 e. The van der Waals surface area contributed by atoms with Crippen LogP contribution in [0.25, 0.3) is 0 Å². The third-order valence-electron chi connectivity index (χ3n) is 4.10. The summed E-state index contributed by atoms with van der Waals surface area (Å²) in [5, 5.41) is 9.80. The van der Waals surface area contributed by atoms with Gasteiger partial charge in [0.1, 0.15) is 5.82 Å². The van der Waals surface area contributed by atoms with Crippen LogP contribution < -0.4 is 0 Å². The summed E-state index contributed by atoms with van der Waals surface area (Å²) >= 11 is 2.07. The van der Waals surface area contributed by atoms with E-state index in [2.05, 4.69) is 22.5 Å². The molecule has 1 N–H and O–H groups in total. The first kappa shape index (κ1) is 13.0. The lowest BCUT2D eigenvalue weighted by molar-refractivity contribution is -0.142. The molecule has 0 amide bonds. The fourth-order valence-electron chi connectivity index (χ4n) is 3.00. The molecule has 2 aliphatic heterocycles. The number of aromatic nitrogens is 2. The monoisotopic (exact) mass is 280 g/mol.